The van der Waals surface area contributed by atoms with Crippen LogP contribution < -0.4 is 0 Å². The molecule has 0 radical (unpaired) electrons. The molecular formula is C50H55F3N2. The number of H-pyrrole nitrogens is 1. The summed E-state index contributed by atoms with van der Waals surface area (Å²) >= 11 is 0. The van der Waals surface area contributed by atoms with Crippen LogP contribution in [0.25, 0.3) is 33.5 Å². The number of alkyl halides is 3. The highest BCUT2D eigenvalue weighted by molar-refractivity contribution is 6.19. The first-order chi connectivity index (χ1) is 25.4. The summed E-state index contributed by atoms with van der Waals surface area (Å²) in [7, 11) is 0. The second kappa shape index (κ2) is 14.0. The number of nitrogens with zero attached hydrogens (tertiary/aromatic N) is 1. The maximum atomic E-state index is 16.0. The van der Waals surface area contributed by atoms with E-state index >= 15 is 13.2 Å². The number of hydrogen-bond acceptors (Lipinski definition) is 1. The highest BCUT2D eigenvalue weighted by Gasteiger charge is 2.42. The summed E-state index contributed by atoms with van der Waals surface area (Å²) in [4.78, 5) is 8.18. The quantitative estimate of drug-likeness (QED) is 0.186. The largest absolute Gasteiger partial charge is 0.420 e. The number of allylic oxidation sites excluding steroid dienone is 3. The van der Waals surface area contributed by atoms with E-state index in [2.05, 4.69) is 100 Å². The molecule has 1 aromatic heterocycles. The van der Waals surface area contributed by atoms with Gasteiger partial charge in [0, 0.05) is 22.4 Å². The lowest BCUT2D eigenvalue weighted by atomic mass is 9.85. The molecule has 0 spiro atoms. The fraction of sp³-hybridized carbons (Fsp3) is 0.340. The van der Waals surface area contributed by atoms with Crippen molar-refractivity contribution in [2.75, 3.05) is 0 Å². The second-order valence-electron chi connectivity index (χ2n) is 19.1. The molecule has 1 aliphatic rings. The average molecular weight is 741 g/mol. The van der Waals surface area contributed by atoms with Gasteiger partial charge in [-0.15, -0.1) is 0 Å². The lowest BCUT2D eigenvalue weighted by Gasteiger charge is -2.20. The predicted octanol–water partition coefficient (Wildman–Crippen LogP) is 14.4. The van der Waals surface area contributed by atoms with E-state index in [1.54, 1.807) is 0 Å². The zero-order valence-electron chi connectivity index (χ0n) is 34.5. The van der Waals surface area contributed by atoms with Crippen molar-refractivity contribution in [3.8, 4) is 22.4 Å². The number of hydrogen-bond donors (Lipinski definition) is 1. The normalized spacial score (nSPS) is 15.3. The molecule has 6 rings (SSSR count). The van der Waals surface area contributed by atoms with Crippen molar-refractivity contribution in [1.82, 2.24) is 4.98 Å². The van der Waals surface area contributed by atoms with E-state index < -0.39 is 11.7 Å². The lowest BCUT2D eigenvalue weighted by Crippen LogP contribution is -2.15. The maximum Gasteiger partial charge on any atom is 0.420 e. The van der Waals surface area contributed by atoms with E-state index in [0.29, 0.717) is 33.7 Å². The van der Waals surface area contributed by atoms with Crippen LogP contribution in [0.3, 0.4) is 0 Å². The van der Waals surface area contributed by atoms with Crippen molar-refractivity contribution >= 4 is 16.9 Å². The van der Waals surface area contributed by atoms with Gasteiger partial charge in [-0.05, 0) is 72.7 Å². The van der Waals surface area contributed by atoms with Crippen LogP contribution in [0.2, 0.25) is 0 Å². The molecule has 1 aliphatic heterocycles. The molecule has 0 unspecified atom stereocenters. The summed E-state index contributed by atoms with van der Waals surface area (Å²) in [6, 6.07) is 33.7. The van der Waals surface area contributed by atoms with Gasteiger partial charge >= 0.3 is 6.18 Å². The number of nitrogens with one attached hydrogen (secondary N) is 1. The van der Waals surface area contributed by atoms with Crippen LogP contribution in [0.1, 0.15) is 122 Å². The summed E-state index contributed by atoms with van der Waals surface area (Å²) < 4.78 is 48.1. The van der Waals surface area contributed by atoms with Crippen molar-refractivity contribution in [1.29, 1.82) is 0 Å². The minimum absolute atomic E-state index is 0.00815. The lowest BCUT2D eigenvalue weighted by molar-refractivity contribution is -0.0694. The SMILES string of the molecule is CC(C)(C)c1ccc(C2=CC(c3ccc(C(C)(C)C)cc3)=N/C2=C(\c2[nH]c(-c3ccc(C(C)(C)C)cc3)cc2-c2ccc(C(C)(C)C)cc2)C(F)(F)F)cc1. The number of aliphatic imine (C=N–C) groups is 1. The standard InChI is InChI=1S/C50H55F3N2/c1-46(2,3)35-21-13-31(14-22-35)39-29-41(33-17-25-37(26-18-33)48(7,8)9)54-44(39)43(50(51,52)53)45-40(32-15-23-36(24-16-32)47(4,5)6)30-42(55-45)34-19-27-38(28-20-34)49(10,11)12/h13-30,54H,1-12H3/b45-43+. The molecule has 0 saturated carbocycles. The molecule has 4 aromatic carbocycles. The van der Waals surface area contributed by atoms with Crippen molar-refractivity contribution < 1.29 is 13.2 Å². The summed E-state index contributed by atoms with van der Waals surface area (Å²) in [5.74, 6) is 0. The van der Waals surface area contributed by atoms with Gasteiger partial charge in [0.2, 0.25) is 0 Å². The van der Waals surface area contributed by atoms with Crippen molar-refractivity contribution in [3.05, 3.63) is 154 Å². The summed E-state index contributed by atoms with van der Waals surface area (Å²) in [5, 5.41) is 0. The first kappa shape index (κ1) is 39.8. The van der Waals surface area contributed by atoms with Crippen molar-refractivity contribution in [2.45, 2.75) is 111 Å². The van der Waals surface area contributed by atoms with Gasteiger partial charge in [-0.3, -0.25) is 0 Å². The van der Waals surface area contributed by atoms with Crippen LogP contribution in [-0.4, -0.2) is 16.9 Å². The minimum Gasteiger partial charge on any atom is -0.354 e. The molecule has 0 atom stereocenters. The zero-order chi connectivity index (χ0) is 40.3. The highest BCUT2D eigenvalue weighted by atomic mass is 19.4. The Morgan fingerprint density at radius 1 is 0.473 bits per heavy atom. The minimum atomic E-state index is -4.76. The fourth-order valence-electron chi connectivity index (χ4n) is 7.00. The number of halogens is 3. The van der Waals surface area contributed by atoms with Crippen LogP contribution in [-0.2, 0) is 21.7 Å². The predicted molar refractivity (Wildman–Crippen MR) is 227 cm³/mol. The monoisotopic (exact) mass is 740 g/mol. The van der Waals surface area contributed by atoms with E-state index in [-0.39, 0.29) is 33.1 Å². The molecule has 2 heterocycles. The molecule has 0 bridgehead atoms. The third-order valence-electron chi connectivity index (χ3n) is 10.6. The van der Waals surface area contributed by atoms with E-state index in [1.165, 1.54) is 0 Å². The Hall–Kier alpha value is -4.90. The Morgan fingerprint density at radius 3 is 1.22 bits per heavy atom. The smallest absolute Gasteiger partial charge is 0.354 e. The first-order valence-electron chi connectivity index (χ1n) is 19.2. The Balaban J connectivity index is 1.63. The summed E-state index contributed by atoms with van der Waals surface area (Å²) in [5.41, 5.74) is 8.16. The Bertz CT molecular complexity index is 2260. The van der Waals surface area contributed by atoms with E-state index in [4.69, 9.17) is 4.99 Å². The first-order valence-corrected chi connectivity index (χ1v) is 19.2. The van der Waals surface area contributed by atoms with Crippen LogP contribution in [0, 0.1) is 0 Å². The molecule has 0 aliphatic carbocycles. The Kier molecular flexibility index (Phi) is 10.1. The van der Waals surface area contributed by atoms with E-state index in [9.17, 15) is 0 Å². The number of rotatable bonds is 5. The maximum absolute atomic E-state index is 16.0. The molecule has 55 heavy (non-hydrogen) atoms. The topological polar surface area (TPSA) is 28.1 Å². The summed E-state index contributed by atoms with van der Waals surface area (Å²) in [6.45, 7) is 25.6. The average Bonchev–Trinajstić information content (AvgIpc) is 3.72. The van der Waals surface area contributed by atoms with E-state index in [0.717, 1.165) is 33.4 Å². The van der Waals surface area contributed by atoms with Crippen molar-refractivity contribution in [3.63, 3.8) is 0 Å². The van der Waals surface area contributed by atoms with Crippen LogP contribution in [0.5, 0.6) is 0 Å². The highest BCUT2D eigenvalue weighted by Crippen LogP contribution is 2.47. The molecule has 5 aromatic rings. The molecule has 0 amide bonds. The van der Waals surface area contributed by atoms with Crippen LogP contribution in [0.4, 0.5) is 13.2 Å². The van der Waals surface area contributed by atoms with Crippen LogP contribution in [0.15, 0.2) is 120 Å². The fourth-order valence-corrected chi connectivity index (χ4v) is 7.00. The van der Waals surface area contributed by atoms with Gasteiger partial charge in [-0.1, -0.05) is 180 Å². The Labute approximate surface area is 326 Å². The van der Waals surface area contributed by atoms with Gasteiger partial charge in [-0.25, -0.2) is 4.99 Å². The Morgan fingerprint density at radius 2 is 0.836 bits per heavy atom. The van der Waals surface area contributed by atoms with Crippen LogP contribution >= 0.6 is 0 Å². The molecule has 0 saturated heterocycles. The molecule has 0 fully saturated rings. The third kappa shape index (κ3) is 8.52. The number of aromatic amines is 1. The van der Waals surface area contributed by atoms with Gasteiger partial charge in [0.15, 0.2) is 0 Å². The van der Waals surface area contributed by atoms with Gasteiger partial charge < -0.3 is 4.98 Å². The molecule has 1 N–H and O–H groups in total. The molecule has 5 heteroatoms. The molecule has 2 nitrogen and oxygen atoms in total. The number of aromatic nitrogens is 1. The molecular weight excluding hydrogens is 686 g/mol. The zero-order valence-corrected chi connectivity index (χ0v) is 34.5. The van der Waals surface area contributed by atoms with Gasteiger partial charge in [-0.2, -0.15) is 13.2 Å². The van der Waals surface area contributed by atoms with Gasteiger partial charge in [0.25, 0.3) is 0 Å². The van der Waals surface area contributed by atoms with Gasteiger partial charge in [0.1, 0.15) is 5.57 Å². The third-order valence-corrected chi connectivity index (χ3v) is 10.6. The number of benzene rings is 4. The van der Waals surface area contributed by atoms with E-state index in [1.807, 2.05) is 97.1 Å². The summed E-state index contributed by atoms with van der Waals surface area (Å²) in [6.07, 6.45) is -2.95. The van der Waals surface area contributed by atoms with Gasteiger partial charge in [0.05, 0.1) is 17.1 Å². The second-order valence-corrected chi connectivity index (χ2v) is 19.1. The molecule has 286 valence electrons. The van der Waals surface area contributed by atoms with Crippen molar-refractivity contribution in [2.24, 2.45) is 4.99 Å².